The van der Waals surface area contributed by atoms with E-state index >= 15 is 0 Å². The highest BCUT2D eigenvalue weighted by Gasteiger charge is 2.54. The van der Waals surface area contributed by atoms with Crippen molar-refractivity contribution in [3.05, 3.63) is 161 Å². The van der Waals surface area contributed by atoms with E-state index in [1.807, 2.05) is 0 Å². The summed E-state index contributed by atoms with van der Waals surface area (Å²) in [6.45, 7) is 0. The maximum atomic E-state index is 10.7. The molecule has 0 spiro atoms. The molecule has 0 N–H and O–H groups in total. The normalized spacial score (nSPS) is 12.8. The number of hydrogen-bond acceptors (Lipinski definition) is 3. The van der Waals surface area contributed by atoms with Gasteiger partial charge in [-0.1, -0.05) is 101 Å². The number of aryl methyl sites for hydroxylation is 1. The molecule has 230 valence electrons. The van der Waals surface area contributed by atoms with E-state index in [1.165, 1.54) is 37.9 Å². The third-order valence-corrected chi connectivity index (χ3v) is 13.4. The smallest absolute Gasteiger partial charge is 0.485 e. The van der Waals surface area contributed by atoms with E-state index in [-0.39, 0.29) is 5.66 Å². The van der Waals surface area contributed by atoms with Crippen LogP contribution in [0.2, 0.25) is 0 Å². The van der Waals surface area contributed by atoms with Gasteiger partial charge in [0.25, 0.3) is 0 Å². The molecule has 45 heavy (non-hydrogen) atoms. The van der Waals surface area contributed by atoms with Gasteiger partial charge >= 0.3 is 5.51 Å². The van der Waals surface area contributed by atoms with Gasteiger partial charge in [-0.25, -0.2) is 8.42 Å². The van der Waals surface area contributed by atoms with Crippen LogP contribution >= 0.6 is 23.2 Å². The zero-order valence-electron chi connectivity index (χ0n) is 24.0. The van der Waals surface area contributed by atoms with Crippen molar-refractivity contribution in [3.8, 4) is 0 Å². The fourth-order valence-corrected chi connectivity index (χ4v) is 11.0. The molecule has 5 aromatic carbocycles. The lowest BCUT2D eigenvalue weighted by atomic mass is 10.0. The minimum absolute atomic E-state index is 0.124. The number of alkyl halides is 3. The highest BCUT2D eigenvalue weighted by Crippen LogP contribution is 2.69. The van der Waals surface area contributed by atoms with E-state index < -0.39 is 22.9 Å². The summed E-state index contributed by atoms with van der Waals surface area (Å²) in [5, 5.41) is 5.46. The quantitative estimate of drug-likeness (QED) is 0.0999. The molecule has 6 aromatic rings. The molecule has 0 saturated carbocycles. The molecule has 0 amide bonds. The lowest BCUT2D eigenvalue weighted by molar-refractivity contribution is -0.0517. The summed E-state index contributed by atoms with van der Waals surface area (Å²) in [4.78, 5) is 0. The first-order valence-electron chi connectivity index (χ1n) is 13.8. The average molecular weight is 711 g/mol. The molecule has 1 heterocycles. The third kappa shape index (κ3) is 6.63. The Balaban J connectivity index is 0.000000444. The van der Waals surface area contributed by atoms with Gasteiger partial charge in [0.2, 0.25) is 0 Å². The van der Waals surface area contributed by atoms with Crippen LogP contribution in [-0.4, -0.2) is 23.0 Å². The van der Waals surface area contributed by atoms with Gasteiger partial charge in [-0.15, -0.1) is 0 Å². The Morgan fingerprint density at radius 2 is 1.09 bits per heavy atom. The van der Waals surface area contributed by atoms with E-state index in [9.17, 15) is 13.2 Å². The van der Waals surface area contributed by atoms with Gasteiger partial charge in [0.1, 0.15) is 28.8 Å². The first kappa shape index (κ1) is 32.6. The molecule has 1 atom stereocenters. The number of fused-ring (bicyclic) bond motifs is 1. The maximum Gasteiger partial charge on any atom is 0.485 e. The van der Waals surface area contributed by atoms with Crippen LogP contribution in [-0.2, 0) is 17.2 Å². The Hall–Kier alpha value is -3.75. The lowest BCUT2D eigenvalue weighted by Crippen LogP contribution is -2.35. The first-order chi connectivity index (χ1) is 21.4. The second-order valence-corrected chi connectivity index (χ2v) is 16.1. The van der Waals surface area contributed by atoms with Crippen LogP contribution in [0.1, 0.15) is 16.8 Å². The molecular weight excluding hydrogens is 682 g/mol. The van der Waals surface area contributed by atoms with E-state index in [2.05, 4.69) is 173 Å². The van der Waals surface area contributed by atoms with Crippen LogP contribution < -0.4 is 15.9 Å². The van der Waals surface area contributed by atoms with E-state index in [4.69, 9.17) is 13.0 Å². The SMILES string of the molecule is Cn1cc(C(c2ccc(Br)cc2)[P+](c2ccccc2)(c2ccccc2)c2ccccc2)c2ccccc21.O=S(=O)([O-])C(F)(F)F. The summed E-state index contributed by atoms with van der Waals surface area (Å²) in [6, 6.07) is 51.3. The summed E-state index contributed by atoms with van der Waals surface area (Å²) in [5.41, 5.74) is -1.58. The molecule has 0 radical (unpaired) electrons. The highest BCUT2D eigenvalue weighted by atomic mass is 79.9. The van der Waals surface area contributed by atoms with Gasteiger partial charge in [-0.3, -0.25) is 0 Å². The van der Waals surface area contributed by atoms with Crippen LogP contribution in [0.25, 0.3) is 10.9 Å². The minimum Gasteiger partial charge on any atom is -0.741 e. The van der Waals surface area contributed by atoms with Gasteiger partial charge in [-0.05, 0) is 60.2 Å². The maximum absolute atomic E-state index is 10.7. The molecule has 10 heteroatoms. The van der Waals surface area contributed by atoms with Crippen molar-refractivity contribution in [1.82, 2.24) is 4.57 Å². The van der Waals surface area contributed by atoms with Gasteiger partial charge in [0.05, 0.1) is 0 Å². The molecular formula is C35H28BrF3NO3PS. The number of para-hydroxylation sites is 1. The van der Waals surface area contributed by atoms with Gasteiger partial charge in [0, 0.05) is 34.2 Å². The first-order valence-corrected chi connectivity index (χ1v) is 17.9. The number of halogens is 4. The van der Waals surface area contributed by atoms with E-state index in [1.54, 1.807) is 0 Å². The molecule has 0 aliphatic heterocycles. The number of benzene rings is 5. The average Bonchev–Trinajstić information content (AvgIpc) is 3.36. The summed E-state index contributed by atoms with van der Waals surface area (Å²) in [5.74, 6) is 0. The molecule has 6 rings (SSSR count). The summed E-state index contributed by atoms with van der Waals surface area (Å²) in [6.07, 6.45) is 2.36. The van der Waals surface area contributed by atoms with Gasteiger partial charge < -0.3 is 9.12 Å². The molecule has 0 aliphatic rings. The third-order valence-electron chi connectivity index (χ3n) is 7.57. The monoisotopic (exact) mass is 709 g/mol. The van der Waals surface area contributed by atoms with E-state index in [0.717, 1.165) is 4.47 Å². The number of rotatable bonds is 6. The van der Waals surface area contributed by atoms with Crippen molar-refractivity contribution in [1.29, 1.82) is 0 Å². The largest absolute Gasteiger partial charge is 0.741 e. The van der Waals surface area contributed by atoms with Crippen molar-refractivity contribution in [3.63, 3.8) is 0 Å². The van der Waals surface area contributed by atoms with Crippen molar-refractivity contribution in [2.24, 2.45) is 7.05 Å². The molecule has 0 saturated heterocycles. The minimum atomic E-state index is -6.09. The predicted molar refractivity (Wildman–Crippen MR) is 180 cm³/mol. The van der Waals surface area contributed by atoms with Crippen molar-refractivity contribution >= 4 is 60.1 Å². The van der Waals surface area contributed by atoms with Crippen molar-refractivity contribution in [2.45, 2.75) is 11.2 Å². The fraction of sp³-hybridized carbons (Fsp3) is 0.0857. The van der Waals surface area contributed by atoms with Crippen molar-refractivity contribution < 1.29 is 26.1 Å². The molecule has 0 fully saturated rings. The predicted octanol–water partition coefficient (Wildman–Crippen LogP) is 8.08. The van der Waals surface area contributed by atoms with Crippen LogP contribution in [0, 0.1) is 0 Å². The standard InChI is InChI=1S/C34H28BrNP.CHF3O3S/c1-36-25-32(31-19-11-12-20-33(31)36)34(26-21-23-27(35)24-22-26)37(28-13-5-2-6-14-28,29-15-7-3-8-16-29)30-17-9-4-10-18-30;2-1(3,4)8(5,6)7/h2-25,34H,1H3;(H,5,6,7)/q+1;/p-1. The molecule has 0 bridgehead atoms. The summed E-state index contributed by atoms with van der Waals surface area (Å²) in [7, 11) is -6.17. The zero-order valence-corrected chi connectivity index (χ0v) is 27.3. The summed E-state index contributed by atoms with van der Waals surface area (Å²) >= 11 is 3.68. The van der Waals surface area contributed by atoms with Gasteiger partial charge in [0.15, 0.2) is 10.1 Å². The van der Waals surface area contributed by atoms with Crippen LogP contribution in [0.4, 0.5) is 13.2 Å². The number of hydrogen-bond donors (Lipinski definition) is 0. The second-order valence-electron chi connectivity index (χ2n) is 10.3. The Labute approximate surface area is 269 Å². The zero-order chi connectivity index (χ0) is 32.2. The van der Waals surface area contributed by atoms with Gasteiger partial charge in [-0.2, -0.15) is 13.2 Å². The van der Waals surface area contributed by atoms with Crippen molar-refractivity contribution in [2.75, 3.05) is 0 Å². The second kappa shape index (κ2) is 13.3. The Bertz CT molecular complexity index is 1890. The molecule has 4 nitrogen and oxygen atoms in total. The Kier molecular flexibility index (Phi) is 9.65. The van der Waals surface area contributed by atoms with Crippen LogP contribution in [0.5, 0.6) is 0 Å². The Morgan fingerprint density at radius 1 is 0.689 bits per heavy atom. The van der Waals surface area contributed by atoms with Crippen LogP contribution in [0.15, 0.2) is 150 Å². The lowest BCUT2D eigenvalue weighted by Gasteiger charge is -2.35. The number of aromatic nitrogens is 1. The molecule has 1 unspecified atom stereocenters. The highest BCUT2D eigenvalue weighted by molar-refractivity contribution is 9.10. The van der Waals surface area contributed by atoms with E-state index in [0.29, 0.717) is 0 Å². The fourth-order valence-electron chi connectivity index (χ4n) is 5.73. The Morgan fingerprint density at radius 3 is 1.51 bits per heavy atom. The van der Waals surface area contributed by atoms with Crippen LogP contribution in [0.3, 0.4) is 0 Å². The summed E-state index contributed by atoms with van der Waals surface area (Å²) < 4.78 is 62.3. The topological polar surface area (TPSA) is 62.1 Å². The number of nitrogens with zero attached hydrogens (tertiary/aromatic N) is 1. The molecule has 0 aliphatic carbocycles. The molecule has 1 aromatic heterocycles.